The van der Waals surface area contributed by atoms with Crippen LogP contribution in [0.3, 0.4) is 0 Å². The van der Waals surface area contributed by atoms with E-state index in [9.17, 15) is 14.9 Å². The summed E-state index contributed by atoms with van der Waals surface area (Å²) >= 11 is 1.50. The second-order valence-electron chi connectivity index (χ2n) is 7.60. The minimum atomic E-state index is -0.114. The Bertz CT molecular complexity index is 911. The van der Waals surface area contributed by atoms with Crippen LogP contribution in [0.5, 0.6) is 0 Å². The van der Waals surface area contributed by atoms with Gasteiger partial charge in [0.15, 0.2) is 0 Å². The van der Waals surface area contributed by atoms with Crippen molar-refractivity contribution in [3.05, 3.63) is 52.2 Å². The summed E-state index contributed by atoms with van der Waals surface area (Å²) in [5.41, 5.74) is 2.67. The van der Waals surface area contributed by atoms with E-state index in [1.54, 1.807) is 30.3 Å². The van der Waals surface area contributed by atoms with Crippen LogP contribution in [0.15, 0.2) is 46.6 Å². The van der Waals surface area contributed by atoms with Gasteiger partial charge in [-0.25, -0.2) is 0 Å². The molecule has 164 valence electrons. The van der Waals surface area contributed by atoms with E-state index in [0.717, 1.165) is 30.4 Å². The van der Waals surface area contributed by atoms with Crippen molar-refractivity contribution in [1.29, 1.82) is 5.26 Å². The third kappa shape index (κ3) is 5.90. The monoisotopic (exact) mass is 439 g/mol. The maximum absolute atomic E-state index is 12.6. The smallest absolute Gasteiger partial charge is 0.256 e. The van der Waals surface area contributed by atoms with E-state index in [-0.39, 0.29) is 11.8 Å². The topological polar surface area (TPSA) is 88.5 Å². The van der Waals surface area contributed by atoms with E-state index in [4.69, 9.17) is 0 Å². The molecule has 0 aliphatic carbocycles. The zero-order valence-corrected chi connectivity index (χ0v) is 18.9. The van der Waals surface area contributed by atoms with Gasteiger partial charge in [-0.1, -0.05) is 6.92 Å². The maximum atomic E-state index is 12.6. The highest BCUT2D eigenvalue weighted by molar-refractivity contribution is 8.03. The van der Waals surface area contributed by atoms with Crippen LogP contribution in [0.4, 0.5) is 5.69 Å². The summed E-state index contributed by atoms with van der Waals surface area (Å²) in [7, 11) is 1.70. The van der Waals surface area contributed by atoms with Gasteiger partial charge < -0.3 is 20.4 Å². The number of hydrogen-bond donors (Lipinski definition) is 2. The van der Waals surface area contributed by atoms with E-state index < -0.39 is 0 Å². The average Bonchev–Trinajstić information content (AvgIpc) is 3.30. The van der Waals surface area contributed by atoms with E-state index in [0.29, 0.717) is 35.4 Å². The molecule has 0 radical (unpaired) electrons. The first-order valence-electron chi connectivity index (χ1n) is 10.6. The van der Waals surface area contributed by atoms with Crippen molar-refractivity contribution < 1.29 is 9.59 Å². The van der Waals surface area contributed by atoms with Crippen molar-refractivity contribution in [2.75, 3.05) is 44.3 Å². The Hall–Kier alpha value is -2.76. The minimum absolute atomic E-state index is 0.0758. The summed E-state index contributed by atoms with van der Waals surface area (Å²) in [6.07, 6.45) is 4.80. The molecular weight excluding hydrogens is 410 g/mol. The molecule has 2 aliphatic heterocycles. The molecule has 2 saturated heterocycles. The predicted molar refractivity (Wildman–Crippen MR) is 124 cm³/mol. The van der Waals surface area contributed by atoms with Crippen LogP contribution in [0.2, 0.25) is 0 Å². The summed E-state index contributed by atoms with van der Waals surface area (Å²) in [6.45, 7) is 5.70. The standard InChI is InChI=1S/C23H29N5O2S/c1-3-17(14-24)23-27(2)22(30)19(16-31-23)15-26-20-8-6-18(7-9-20)21(29)25-10-13-28-11-4-5-12-28/h6-9,15,26H,3-5,10-13,16H2,1-2H3,(H,25,29)/b19-15?,23-17+. The molecule has 0 aromatic heterocycles. The molecule has 2 heterocycles. The Balaban J connectivity index is 1.53. The number of carbonyl (C=O) groups is 2. The lowest BCUT2D eigenvalue weighted by Gasteiger charge is -2.27. The van der Waals surface area contributed by atoms with Crippen molar-refractivity contribution in [2.24, 2.45) is 0 Å². The normalized spacial score (nSPS) is 20.0. The summed E-state index contributed by atoms with van der Waals surface area (Å²) < 4.78 is 0. The summed E-state index contributed by atoms with van der Waals surface area (Å²) in [5.74, 6) is 0.318. The third-order valence-electron chi connectivity index (χ3n) is 5.47. The number of allylic oxidation sites excluding steroid dienone is 1. The summed E-state index contributed by atoms with van der Waals surface area (Å²) in [6, 6.07) is 9.38. The van der Waals surface area contributed by atoms with E-state index in [1.165, 1.54) is 24.6 Å². The number of rotatable bonds is 7. The molecule has 3 rings (SSSR count). The molecule has 0 atom stereocenters. The fourth-order valence-electron chi connectivity index (χ4n) is 3.61. The molecule has 0 spiro atoms. The lowest BCUT2D eigenvalue weighted by Crippen LogP contribution is -2.33. The van der Waals surface area contributed by atoms with E-state index in [1.807, 2.05) is 19.1 Å². The lowest BCUT2D eigenvalue weighted by atomic mass is 10.2. The zero-order chi connectivity index (χ0) is 22.2. The highest BCUT2D eigenvalue weighted by Gasteiger charge is 2.27. The Kier molecular flexibility index (Phi) is 8.15. The van der Waals surface area contributed by atoms with E-state index in [2.05, 4.69) is 21.6 Å². The fraction of sp³-hybridized carbons (Fsp3) is 0.435. The number of carbonyl (C=O) groups excluding carboxylic acids is 2. The SMILES string of the molecule is CC/C(C#N)=C1\SCC(=CNc2ccc(C(=O)NCCN3CCCC3)cc2)C(=O)N1C. The number of hydrogen-bond acceptors (Lipinski definition) is 6. The molecule has 2 amide bonds. The molecule has 7 nitrogen and oxygen atoms in total. The van der Waals surface area contributed by atoms with Gasteiger partial charge in [-0.05, 0) is 56.6 Å². The number of likely N-dealkylation sites (N-methyl/N-ethyl adjacent to an activating group) is 1. The number of thioether (sulfide) groups is 1. The molecule has 1 aromatic carbocycles. The predicted octanol–water partition coefficient (Wildman–Crippen LogP) is 3.16. The van der Waals surface area contributed by atoms with Crippen molar-refractivity contribution in [3.8, 4) is 6.07 Å². The Morgan fingerprint density at radius 3 is 2.61 bits per heavy atom. The van der Waals surface area contributed by atoms with Crippen molar-refractivity contribution in [2.45, 2.75) is 26.2 Å². The zero-order valence-electron chi connectivity index (χ0n) is 18.1. The second-order valence-corrected chi connectivity index (χ2v) is 8.56. The van der Waals surface area contributed by atoms with Gasteiger partial charge in [-0.3, -0.25) is 9.59 Å². The Morgan fingerprint density at radius 2 is 1.97 bits per heavy atom. The molecule has 2 fully saturated rings. The molecule has 0 unspecified atom stereocenters. The van der Waals surface area contributed by atoms with Gasteiger partial charge in [-0.15, -0.1) is 11.8 Å². The number of amides is 2. The van der Waals surface area contributed by atoms with Crippen LogP contribution >= 0.6 is 11.8 Å². The number of nitrogens with one attached hydrogen (secondary N) is 2. The average molecular weight is 440 g/mol. The van der Waals surface area contributed by atoms with Gasteiger partial charge >= 0.3 is 0 Å². The maximum Gasteiger partial charge on any atom is 0.256 e. The second kappa shape index (κ2) is 11.0. The highest BCUT2D eigenvalue weighted by Crippen LogP contribution is 2.32. The molecule has 2 aliphatic rings. The summed E-state index contributed by atoms with van der Waals surface area (Å²) in [5, 5.41) is 16.1. The number of nitrogens with zero attached hydrogens (tertiary/aromatic N) is 3. The van der Waals surface area contributed by atoms with Crippen molar-refractivity contribution >= 4 is 29.3 Å². The number of nitriles is 1. The van der Waals surface area contributed by atoms with Gasteiger partial charge in [0.05, 0.1) is 16.7 Å². The van der Waals surface area contributed by atoms with Gasteiger partial charge in [0.1, 0.15) is 0 Å². The van der Waals surface area contributed by atoms with Crippen LogP contribution in [0.1, 0.15) is 36.5 Å². The molecule has 0 saturated carbocycles. The minimum Gasteiger partial charge on any atom is -0.361 e. The number of benzene rings is 1. The lowest BCUT2D eigenvalue weighted by molar-refractivity contribution is -0.123. The largest absolute Gasteiger partial charge is 0.361 e. The first-order chi connectivity index (χ1) is 15.0. The Labute approximate surface area is 188 Å². The van der Waals surface area contributed by atoms with Gasteiger partial charge in [0.25, 0.3) is 11.8 Å². The highest BCUT2D eigenvalue weighted by atomic mass is 32.2. The molecule has 31 heavy (non-hydrogen) atoms. The molecular formula is C23H29N5O2S. The summed E-state index contributed by atoms with van der Waals surface area (Å²) in [4.78, 5) is 28.9. The van der Waals surface area contributed by atoms with Crippen LogP contribution in [0, 0.1) is 11.3 Å². The fourth-order valence-corrected chi connectivity index (χ4v) is 4.75. The quantitative estimate of drug-likeness (QED) is 0.501. The van der Waals surface area contributed by atoms with Crippen LogP contribution in [-0.4, -0.2) is 60.6 Å². The van der Waals surface area contributed by atoms with Crippen LogP contribution in [0.25, 0.3) is 0 Å². The molecule has 1 aromatic rings. The van der Waals surface area contributed by atoms with Crippen LogP contribution < -0.4 is 10.6 Å². The van der Waals surface area contributed by atoms with Crippen molar-refractivity contribution in [3.63, 3.8) is 0 Å². The van der Waals surface area contributed by atoms with Crippen molar-refractivity contribution in [1.82, 2.24) is 15.1 Å². The number of likely N-dealkylation sites (tertiary alicyclic amines) is 1. The molecule has 0 bridgehead atoms. The first kappa shape index (κ1) is 22.9. The first-order valence-corrected chi connectivity index (χ1v) is 11.6. The van der Waals surface area contributed by atoms with Gasteiger partial charge in [0.2, 0.25) is 0 Å². The van der Waals surface area contributed by atoms with Gasteiger partial charge in [-0.2, -0.15) is 5.26 Å². The molecule has 8 heteroatoms. The number of anilines is 1. The van der Waals surface area contributed by atoms with E-state index >= 15 is 0 Å². The Morgan fingerprint density at radius 1 is 1.26 bits per heavy atom. The third-order valence-corrected chi connectivity index (χ3v) is 6.72. The van der Waals surface area contributed by atoms with Crippen LogP contribution in [-0.2, 0) is 4.79 Å². The molecule has 2 N–H and O–H groups in total. The van der Waals surface area contributed by atoms with Gasteiger partial charge in [0, 0.05) is 48.9 Å².